The second-order valence-corrected chi connectivity index (χ2v) is 6.21. The third-order valence-corrected chi connectivity index (χ3v) is 4.24. The number of amides is 1. The van der Waals surface area contributed by atoms with E-state index in [1.54, 1.807) is 4.90 Å². The number of carbonyl (C=O) groups is 1. The Hall–Kier alpha value is -1.82. The maximum absolute atomic E-state index is 13.3. The highest BCUT2D eigenvalue weighted by molar-refractivity contribution is 7.09. The van der Waals surface area contributed by atoms with Gasteiger partial charge in [-0.2, -0.15) is 0 Å². The van der Waals surface area contributed by atoms with Gasteiger partial charge in [0.2, 0.25) is 0 Å². The summed E-state index contributed by atoms with van der Waals surface area (Å²) in [4.78, 5) is 18.6. The Morgan fingerprint density at radius 1 is 1.38 bits per heavy atom. The Labute approximate surface area is 125 Å². The number of rotatable bonds is 4. The summed E-state index contributed by atoms with van der Waals surface area (Å²) >= 11 is 1.53. The molecule has 1 saturated carbocycles. The summed E-state index contributed by atoms with van der Waals surface area (Å²) in [7, 11) is 0. The second kappa shape index (κ2) is 5.52. The molecule has 1 amide bonds. The highest BCUT2D eigenvalue weighted by Gasteiger charge is 2.33. The lowest BCUT2D eigenvalue weighted by Gasteiger charge is -2.21. The zero-order chi connectivity index (χ0) is 15.0. The van der Waals surface area contributed by atoms with Crippen LogP contribution in [0.3, 0.4) is 0 Å². The van der Waals surface area contributed by atoms with Crippen LogP contribution in [0.25, 0.3) is 0 Å². The summed E-state index contributed by atoms with van der Waals surface area (Å²) in [5, 5.41) is 2.87. The largest absolute Gasteiger partial charge is 0.330 e. The average molecular weight is 308 g/mol. The number of hydrogen-bond donors (Lipinski definition) is 0. The summed E-state index contributed by atoms with van der Waals surface area (Å²) in [5.41, 5.74) is 1.01. The molecule has 110 valence electrons. The molecular weight excluding hydrogens is 294 g/mol. The van der Waals surface area contributed by atoms with E-state index in [-0.39, 0.29) is 17.5 Å². The fourth-order valence-corrected chi connectivity index (χ4v) is 2.81. The van der Waals surface area contributed by atoms with Crippen LogP contribution in [-0.2, 0) is 6.54 Å². The number of thiazole rings is 1. The van der Waals surface area contributed by atoms with Gasteiger partial charge in [0, 0.05) is 17.0 Å². The van der Waals surface area contributed by atoms with E-state index in [4.69, 9.17) is 0 Å². The van der Waals surface area contributed by atoms with Crippen molar-refractivity contribution < 1.29 is 13.6 Å². The molecular formula is C15H14F2N2OS. The predicted octanol–water partition coefficient (Wildman–Crippen LogP) is 3.53. The molecule has 21 heavy (non-hydrogen) atoms. The van der Waals surface area contributed by atoms with Crippen LogP contribution in [0.1, 0.15) is 33.9 Å². The van der Waals surface area contributed by atoms with Gasteiger partial charge in [-0.05, 0) is 38.0 Å². The van der Waals surface area contributed by atoms with Gasteiger partial charge >= 0.3 is 0 Å². The summed E-state index contributed by atoms with van der Waals surface area (Å²) < 4.78 is 26.3. The molecule has 2 aromatic rings. The molecule has 0 atom stereocenters. The van der Waals surface area contributed by atoms with Crippen molar-refractivity contribution in [3.05, 3.63) is 51.5 Å². The van der Waals surface area contributed by atoms with Crippen molar-refractivity contribution in [2.24, 2.45) is 0 Å². The van der Waals surface area contributed by atoms with Crippen molar-refractivity contribution in [3.8, 4) is 0 Å². The monoisotopic (exact) mass is 308 g/mol. The van der Waals surface area contributed by atoms with Gasteiger partial charge < -0.3 is 4.90 Å². The molecule has 1 aromatic carbocycles. The smallest absolute Gasteiger partial charge is 0.254 e. The van der Waals surface area contributed by atoms with E-state index < -0.39 is 11.6 Å². The zero-order valence-corrected chi connectivity index (χ0v) is 12.3. The molecule has 3 nitrogen and oxygen atoms in total. The first-order valence-electron chi connectivity index (χ1n) is 6.71. The Balaban J connectivity index is 1.83. The molecule has 0 spiro atoms. The van der Waals surface area contributed by atoms with Crippen LogP contribution in [0.15, 0.2) is 23.6 Å². The number of benzene rings is 1. The fourth-order valence-electron chi connectivity index (χ4n) is 2.20. The Kier molecular flexibility index (Phi) is 3.71. The summed E-state index contributed by atoms with van der Waals surface area (Å²) in [6, 6.07) is 3.44. The van der Waals surface area contributed by atoms with E-state index in [0.717, 1.165) is 35.7 Å². The SMILES string of the molecule is Cc1nc(CN(C(=O)c2ccc(F)c(F)c2)C2CC2)cs1. The number of hydrogen-bond acceptors (Lipinski definition) is 3. The molecule has 0 bridgehead atoms. The van der Waals surface area contributed by atoms with Crippen molar-refractivity contribution in [1.82, 2.24) is 9.88 Å². The molecule has 0 unspecified atom stereocenters. The fraction of sp³-hybridized carbons (Fsp3) is 0.333. The van der Waals surface area contributed by atoms with Gasteiger partial charge in [-0.3, -0.25) is 4.79 Å². The lowest BCUT2D eigenvalue weighted by Crippen LogP contribution is -2.32. The normalized spacial score (nSPS) is 14.2. The standard InChI is InChI=1S/C15H14F2N2OS/c1-9-18-11(8-21-9)7-19(12-3-4-12)15(20)10-2-5-13(16)14(17)6-10/h2,5-6,8,12H,3-4,7H2,1H3. The van der Waals surface area contributed by atoms with Crippen molar-refractivity contribution in [3.63, 3.8) is 0 Å². The van der Waals surface area contributed by atoms with Gasteiger partial charge in [0.15, 0.2) is 11.6 Å². The Morgan fingerprint density at radius 2 is 2.14 bits per heavy atom. The van der Waals surface area contributed by atoms with Gasteiger partial charge in [-0.25, -0.2) is 13.8 Å². The Morgan fingerprint density at radius 3 is 2.71 bits per heavy atom. The zero-order valence-electron chi connectivity index (χ0n) is 11.5. The molecule has 0 N–H and O–H groups in total. The van der Waals surface area contributed by atoms with Gasteiger partial charge in [0.25, 0.3) is 5.91 Å². The number of carbonyl (C=O) groups excluding carboxylic acids is 1. The topological polar surface area (TPSA) is 33.2 Å². The first-order valence-corrected chi connectivity index (χ1v) is 7.59. The number of aromatic nitrogens is 1. The molecule has 1 heterocycles. The predicted molar refractivity (Wildman–Crippen MR) is 76.1 cm³/mol. The molecule has 0 radical (unpaired) electrons. The van der Waals surface area contributed by atoms with Crippen LogP contribution in [0.5, 0.6) is 0 Å². The number of nitrogens with zero attached hydrogens (tertiary/aromatic N) is 2. The minimum Gasteiger partial charge on any atom is -0.330 e. The van der Waals surface area contributed by atoms with Crippen molar-refractivity contribution >= 4 is 17.2 Å². The van der Waals surface area contributed by atoms with Gasteiger partial charge in [-0.1, -0.05) is 0 Å². The van der Waals surface area contributed by atoms with E-state index in [9.17, 15) is 13.6 Å². The highest BCUT2D eigenvalue weighted by atomic mass is 32.1. The molecule has 0 saturated heterocycles. The van der Waals surface area contributed by atoms with Gasteiger partial charge in [-0.15, -0.1) is 11.3 Å². The molecule has 1 aliphatic carbocycles. The third-order valence-electron chi connectivity index (χ3n) is 3.41. The first-order chi connectivity index (χ1) is 10.0. The maximum Gasteiger partial charge on any atom is 0.254 e. The van der Waals surface area contributed by atoms with Crippen LogP contribution in [-0.4, -0.2) is 21.8 Å². The van der Waals surface area contributed by atoms with E-state index in [1.807, 2.05) is 12.3 Å². The summed E-state index contributed by atoms with van der Waals surface area (Å²) in [6.07, 6.45) is 1.89. The average Bonchev–Trinajstić information content (AvgIpc) is 3.21. The summed E-state index contributed by atoms with van der Waals surface area (Å²) in [5.74, 6) is -2.22. The van der Waals surface area contributed by atoms with E-state index in [1.165, 1.54) is 17.4 Å². The van der Waals surface area contributed by atoms with Crippen LogP contribution in [0.4, 0.5) is 8.78 Å². The maximum atomic E-state index is 13.3. The lowest BCUT2D eigenvalue weighted by atomic mass is 10.2. The molecule has 6 heteroatoms. The quantitative estimate of drug-likeness (QED) is 0.865. The first kappa shape index (κ1) is 14.1. The van der Waals surface area contributed by atoms with Crippen LogP contribution >= 0.6 is 11.3 Å². The van der Waals surface area contributed by atoms with Crippen molar-refractivity contribution in [2.45, 2.75) is 32.4 Å². The van der Waals surface area contributed by atoms with Crippen LogP contribution in [0.2, 0.25) is 0 Å². The van der Waals surface area contributed by atoms with Gasteiger partial charge in [0.1, 0.15) is 0 Å². The van der Waals surface area contributed by atoms with E-state index in [2.05, 4.69) is 4.98 Å². The molecule has 1 aromatic heterocycles. The van der Waals surface area contributed by atoms with E-state index in [0.29, 0.717) is 6.54 Å². The molecule has 1 aliphatic rings. The minimum absolute atomic E-state index is 0.174. The third kappa shape index (κ3) is 3.10. The minimum atomic E-state index is -0.999. The Bertz CT molecular complexity index is 682. The van der Waals surface area contributed by atoms with Crippen molar-refractivity contribution in [1.29, 1.82) is 0 Å². The summed E-state index contributed by atoms with van der Waals surface area (Å²) in [6.45, 7) is 2.32. The van der Waals surface area contributed by atoms with Crippen LogP contribution < -0.4 is 0 Å². The van der Waals surface area contributed by atoms with Crippen molar-refractivity contribution in [2.75, 3.05) is 0 Å². The highest BCUT2D eigenvalue weighted by Crippen LogP contribution is 2.30. The molecule has 0 aliphatic heterocycles. The van der Waals surface area contributed by atoms with Crippen LogP contribution in [0, 0.1) is 18.6 Å². The molecule has 3 rings (SSSR count). The number of aryl methyl sites for hydroxylation is 1. The van der Waals surface area contributed by atoms with E-state index >= 15 is 0 Å². The molecule has 1 fully saturated rings. The lowest BCUT2D eigenvalue weighted by molar-refractivity contribution is 0.0727. The number of halogens is 2. The second-order valence-electron chi connectivity index (χ2n) is 5.15. The van der Waals surface area contributed by atoms with Gasteiger partial charge in [0.05, 0.1) is 17.2 Å².